The fourth-order valence-electron chi connectivity index (χ4n) is 0.311. The Morgan fingerprint density at radius 2 is 1.57 bits per heavy atom. The van der Waals surface area contributed by atoms with E-state index in [2.05, 4.69) is 5.32 Å². The third-order valence-corrected chi connectivity index (χ3v) is 0.813. The summed E-state index contributed by atoms with van der Waals surface area (Å²) >= 11 is 0. The van der Waals surface area contributed by atoms with Crippen LogP contribution in [0.4, 0.5) is 0 Å². The normalized spacial score (nSPS) is 18.4. The maximum Gasteiger partial charge on any atom is 0.0292 e. The molecule has 1 aliphatic rings. The van der Waals surface area contributed by atoms with Crippen molar-refractivity contribution in [2.75, 3.05) is 13.1 Å². The van der Waals surface area contributed by atoms with E-state index in [0.717, 1.165) is 13.1 Å². The van der Waals surface area contributed by atoms with Gasteiger partial charge in [-0.1, -0.05) is 0 Å². The van der Waals surface area contributed by atoms with Crippen molar-refractivity contribution in [3.63, 3.8) is 0 Å². The van der Waals surface area contributed by atoms with Crippen molar-refractivity contribution in [2.24, 2.45) is 5.73 Å². The van der Waals surface area contributed by atoms with Gasteiger partial charge in [0.1, 0.15) is 0 Å². The predicted octanol–water partition coefficient (Wildman–Crippen LogP) is -0.239. The molecule has 0 atom stereocenters. The summed E-state index contributed by atoms with van der Waals surface area (Å²) in [4.78, 5) is 0. The monoisotopic (exact) mass is 144 g/mol. The quantitative estimate of drug-likeness (QED) is 0.493. The summed E-state index contributed by atoms with van der Waals surface area (Å²) in [5, 5.41) is 3.04. The van der Waals surface area contributed by atoms with E-state index < -0.39 is 0 Å². The number of hydrogen-bond acceptors (Lipinski definition) is 2. The van der Waals surface area contributed by atoms with E-state index in [1.165, 1.54) is 0 Å². The third-order valence-electron chi connectivity index (χ3n) is 0.813. The van der Waals surface area contributed by atoms with Crippen molar-refractivity contribution in [1.29, 1.82) is 0 Å². The minimum atomic E-state index is 0. The molecule has 1 aliphatic heterocycles. The van der Waals surface area contributed by atoms with Crippen molar-refractivity contribution in [3.8, 4) is 0 Å². The molecule has 2 nitrogen and oxygen atoms in total. The molecule has 0 aromatic heterocycles. The number of hydrogen-bond donors (Lipinski definition) is 2. The Balaban J connectivity index is 0. The fraction of sp³-hybridized carbons (Fsp3) is 1.00. The van der Waals surface area contributed by atoms with Crippen LogP contribution in [0.5, 0.6) is 0 Å². The molecule has 0 aliphatic carbocycles. The molecule has 1 fully saturated rings. The first-order chi connectivity index (χ1) is 2.39. The van der Waals surface area contributed by atoms with Gasteiger partial charge in [0.15, 0.2) is 0 Å². The van der Waals surface area contributed by atoms with Crippen LogP contribution >= 0.6 is 24.8 Å². The molecule has 1 heterocycles. The first-order valence-electron chi connectivity index (χ1n) is 1.86. The smallest absolute Gasteiger partial charge is 0.0292 e. The van der Waals surface area contributed by atoms with Crippen molar-refractivity contribution in [3.05, 3.63) is 0 Å². The maximum absolute atomic E-state index is 5.32. The van der Waals surface area contributed by atoms with Crippen LogP contribution in [-0.4, -0.2) is 19.1 Å². The molecule has 0 spiro atoms. The molecule has 1 rings (SSSR count). The first-order valence-corrected chi connectivity index (χ1v) is 1.86. The Morgan fingerprint density at radius 1 is 1.29 bits per heavy atom. The molecule has 0 aromatic carbocycles. The van der Waals surface area contributed by atoms with Crippen molar-refractivity contribution in [1.82, 2.24) is 5.32 Å². The highest BCUT2D eigenvalue weighted by molar-refractivity contribution is 5.85. The molecule has 3 N–H and O–H groups in total. The van der Waals surface area contributed by atoms with Crippen LogP contribution in [0.3, 0.4) is 0 Å². The minimum Gasteiger partial charge on any atom is -0.326 e. The topological polar surface area (TPSA) is 38.0 Å². The molecule has 0 aromatic rings. The fourth-order valence-corrected chi connectivity index (χ4v) is 0.311. The lowest BCUT2D eigenvalue weighted by Crippen LogP contribution is -2.52. The Kier molecular flexibility index (Phi) is 6.96. The van der Waals surface area contributed by atoms with Crippen LogP contribution in [0.15, 0.2) is 0 Å². The number of nitrogens with two attached hydrogens (primary N) is 1. The van der Waals surface area contributed by atoms with Crippen LogP contribution in [0, 0.1) is 0 Å². The molecule has 46 valence electrons. The van der Waals surface area contributed by atoms with Gasteiger partial charge >= 0.3 is 0 Å². The molecule has 0 amide bonds. The summed E-state index contributed by atoms with van der Waals surface area (Å²) in [5.74, 6) is 0. The second kappa shape index (κ2) is 4.65. The summed E-state index contributed by atoms with van der Waals surface area (Å²) in [6, 6.07) is 0.454. The average Bonchev–Trinajstić information content (AvgIpc) is 1.30. The van der Waals surface area contributed by atoms with E-state index in [4.69, 9.17) is 5.73 Å². The van der Waals surface area contributed by atoms with Gasteiger partial charge in [-0.2, -0.15) is 0 Å². The largest absolute Gasteiger partial charge is 0.326 e. The zero-order chi connectivity index (χ0) is 3.70. The van der Waals surface area contributed by atoms with Gasteiger partial charge in [0, 0.05) is 19.1 Å². The molecule has 0 bridgehead atoms. The zero-order valence-electron chi connectivity index (χ0n) is 3.89. The summed E-state index contributed by atoms with van der Waals surface area (Å²) in [6.45, 7) is 2.03. The van der Waals surface area contributed by atoms with E-state index >= 15 is 0 Å². The Hall–Kier alpha value is 0.500. The highest BCUT2D eigenvalue weighted by Gasteiger charge is 2.08. The van der Waals surface area contributed by atoms with Crippen LogP contribution in [0.1, 0.15) is 0 Å². The van der Waals surface area contributed by atoms with E-state index in [0.29, 0.717) is 6.04 Å². The molecular weight excluding hydrogens is 135 g/mol. The van der Waals surface area contributed by atoms with Crippen molar-refractivity contribution >= 4 is 24.8 Å². The van der Waals surface area contributed by atoms with Crippen molar-refractivity contribution < 1.29 is 0 Å². The van der Waals surface area contributed by atoms with E-state index in [9.17, 15) is 0 Å². The van der Waals surface area contributed by atoms with Crippen LogP contribution in [0.2, 0.25) is 0 Å². The third kappa shape index (κ3) is 3.12. The lowest BCUT2D eigenvalue weighted by Gasteiger charge is -2.21. The summed E-state index contributed by atoms with van der Waals surface area (Å²) in [5.41, 5.74) is 5.32. The summed E-state index contributed by atoms with van der Waals surface area (Å²) in [7, 11) is 0. The Labute approximate surface area is 55.7 Å². The highest BCUT2D eigenvalue weighted by Crippen LogP contribution is 1.80. The first kappa shape index (κ1) is 10.5. The van der Waals surface area contributed by atoms with Gasteiger partial charge in [-0.05, 0) is 0 Å². The molecule has 0 saturated carbocycles. The average molecular weight is 145 g/mol. The highest BCUT2D eigenvalue weighted by atomic mass is 35.5. The summed E-state index contributed by atoms with van der Waals surface area (Å²) < 4.78 is 0. The van der Waals surface area contributed by atoms with Gasteiger partial charge in [-0.3, -0.25) is 0 Å². The number of halogens is 2. The Bertz CT molecular complexity index is 37.9. The lowest BCUT2D eigenvalue weighted by molar-refractivity contribution is 0.445. The Morgan fingerprint density at radius 3 is 1.57 bits per heavy atom. The van der Waals surface area contributed by atoms with Crippen LogP contribution in [-0.2, 0) is 0 Å². The SMILES string of the molecule is Cl.Cl.NC1CNC1. The molecular formula is C3H10Cl2N2. The van der Waals surface area contributed by atoms with Gasteiger partial charge in [0.2, 0.25) is 0 Å². The van der Waals surface area contributed by atoms with Gasteiger partial charge in [-0.15, -0.1) is 24.8 Å². The molecule has 1 saturated heterocycles. The number of nitrogens with one attached hydrogen (secondary N) is 1. The van der Waals surface area contributed by atoms with Gasteiger partial charge in [0.25, 0.3) is 0 Å². The standard InChI is InChI=1S/C3H8N2.2ClH/c4-3-1-5-2-3;;/h3,5H,1-2,4H2;2*1H. The summed E-state index contributed by atoms with van der Waals surface area (Å²) in [6.07, 6.45) is 0. The second-order valence-electron chi connectivity index (χ2n) is 1.42. The van der Waals surface area contributed by atoms with E-state index in [-0.39, 0.29) is 24.8 Å². The van der Waals surface area contributed by atoms with Crippen LogP contribution in [0.25, 0.3) is 0 Å². The number of rotatable bonds is 0. The van der Waals surface area contributed by atoms with Crippen molar-refractivity contribution in [2.45, 2.75) is 6.04 Å². The van der Waals surface area contributed by atoms with Gasteiger partial charge < -0.3 is 11.1 Å². The molecule has 0 unspecified atom stereocenters. The van der Waals surface area contributed by atoms with E-state index in [1.807, 2.05) is 0 Å². The molecule has 7 heavy (non-hydrogen) atoms. The maximum atomic E-state index is 5.32. The molecule has 0 radical (unpaired) electrons. The predicted molar refractivity (Wildman–Crippen MR) is 35.3 cm³/mol. The molecule has 4 heteroatoms. The minimum absolute atomic E-state index is 0. The van der Waals surface area contributed by atoms with Crippen LogP contribution < -0.4 is 11.1 Å². The van der Waals surface area contributed by atoms with Gasteiger partial charge in [-0.25, -0.2) is 0 Å². The second-order valence-corrected chi connectivity index (χ2v) is 1.42. The van der Waals surface area contributed by atoms with Gasteiger partial charge in [0.05, 0.1) is 0 Å². The van der Waals surface area contributed by atoms with E-state index in [1.54, 1.807) is 0 Å². The lowest BCUT2D eigenvalue weighted by atomic mass is 10.2. The zero-order valence-corrected chi connectivity index (χ0v) is 5.52.